The lowest BCUT2D eigenvalue weighted by atomic mass is 9.98. The summed E-state index contributed by atoms with van der Waals surface area (Å²) in [7, 11) is 0. The maximum atomic E-state index is 12.6. The van der Waals surface area contributed by atoms with Crippen molar-refractivity contribution in [3.63, 3.8) is 0 Å². The maximum Gasteiger partial charge on any atom is 0.272 e. The summed E-state index contributed by atoms with van der Waals surface area (Å²) in [5.41, 5.74) is -0.184. The Morgan fingerprint density at radius 2 is 2.32 bits per heavy atom. The lowest BCUT2D eigenvalue weighted by molar-refractivity contribution is -0.136. The number of anilines is 1. The van der Waals surface area contributed by atoms with Crippen molar-refractivity contribution in [3.05, 3.63) is 34.7 Å². The van der Waals surface area contributed by atoms with Gasteiger partial charge in [-0.25, -0.2) is 4.68 Å². The van der Waals surface area contributed by atoms with E-state index < -0.39 is 5.60 Å². The molecule has 1 amide bonds. The van der Waals surface area contributed by atoms with E-state index in [0.717, 1.165) is 10.6 Å². The molecule has 0 saturated heterocycles. The number of hydrogen-bond acceptors (Lipinski definition) is 5. The van der Waals surface area contributed by atoms with Crippen LogP contribution in [0.2, 0.25) is 0 Å². The van der Waals surface area contributed by atoms with Gasteiger partial charge in [-0.15, -0.1) is 11.3 Å². The maximum absolute atomic E-state index is 12.6. The predicted molar refractivity (Wildman–Crippen MR) is 86.2 cm³/mol. The van der Waals surface area contributed by atoms with Gasteiger partial charge in [-0.3, -0.25) is 4.79 Å². The Balaban J connectivity index is 1.72. The number of nitrogens with zero attached hydrogens (tertiary/aromatic N) is 3. The van der Waals surface area contributed by atoms with Crippen molar-refractivity contribution in [2.24, 2.45) is 5.16 Å². The summed E-state index contributed by atoms with van der Waals surface area (Å²) < 4.78 is 1.76. The number of thiophene rings is 1. The average molecular weight is 318 g/mol. The highest BCUT2D eigenvalue weighted by atomic mass is 32.1. The number of amides is 1. The number of carbonyl (C=O) groups is 1. The molecule has 22 heavy (non-hydrogen) atoms. The van der Waals surface area contributed by atoms with Crippen LogP contribution in [0, 0.1) is 0 Å². The van der Waals surface area contributed by atoms with E-state index in [1.807, 2.05) is 31.4 Å². The van der Waals surface area contributed by atoms with E-state index in [1.165, 1.54) is 0 Å². The first-order valence-electron chi connectivity index (χ1n) is 7.13. The molecule has 0 aromatic carbocycles. The number of rotatable bonds is 4. The lowest BCUT2D eigenvalue weighted by Gasteiger charge is -2.21. The number of oxime groups is 1. The van der Waals surface area contributed by atoms with Crippen molar-refractivity contribution in [1.29, 1.82) is 0 Å². The first kappa shape index (κ1) is 14.8. The second-order valence-electron chi connectivity index (χ2n) is 5.72. The molecule has 0 radical (unpaired) electrons. The van der Waals surface area contributed by atoms with Crippen molar-refractivity contribution >= 4 is 28.8 Å². The summed E-state index contributed by atoms with van der Waals surface area (Å²) >= 11 is 1.59. The van der Waals surface area contributed by atoms with E-state index in [-0.39, 0.29) is 11.9 Å². The van der Waals surface area contributed by atoms with Crippen LogP contribution in [-0.4, -0.2) is 27.0 Å². The van der Waals surface area contributed by atoms with Crippen molar-refractivity contribution in [2.75, 3.05) is 5.32 Å². The summed E-state index contributed by atoms with van der Waals surface area (Å²) in [5.74, 6) is 0.444. The van der Waals surface area contributed by atoms with Gasteiger partial charge in [0.1, 0.15) is 11.5 Å². The minimum atomic E-state index is -0.995. The third-order valence-electron chi connectivity index (χ3n) is 3.55. The zero-order valence-corrected chi connectivity index (χ0v) is 13.6. The fraction of sp³-hybridized carbons (Fsp3) is 0.400. The molecule has 1 atom stereocenters. The fourth-order valence-electron chi connectivity index (χ4n) is 2.31. The predicted octanol–water partition coefficient (Wildman–Crippen LogP) is 3.05. The van der Waals surface area contributed by atoms with Gasteiger partial charge in [-0.1, -0.05) is 11.2 Å². The van der Waals surface area contributed by atoms with Crippen LogP contribution in [0.25, 0.3) is 0 Å². The minimum Gasteiger partial charge on any atom is -0.379 e. The standard InChI is InChI=1S/C15H18N4O2S/c1-10(2)19-13(6-7-16-19)17-14(20)15(3)9-11(18-21-15)12-5-4-8-22-12/h4-8,10H,9H2,1-3H3,(H,17,20)/t15-/m1/s1. The minimum absolute atomic E-state index is 0.167. The summed E-state index contributed by atoms with van der Waals surface area (Å²) in [4.78, 5) is 19.0. The molecule has 1 aliphatic heterocycles. The fourth-order valence-corrected chi connectivity index (χ4v) is 3.02. The topological polar surface area (TPSA) is 68.5 Å². The Morgan fingerprint density at radius 3 is 3.00 bits per heavy atom. The number of hydrogen-bond donors (Lipinski definition) is 1. The Morgan fingerprint density at radius 1 is 1.50 bits per heavy atom. The highest BCUT2D eigenvalue weighted by Crippen LogP contribution is 2.29. The van der Waals surface area contributed by atoms with Gasteiger partial charge in [0.25, 0.3) is 5.91 Å². The third-order valence-corrected chi connectivity index (χ3v) is 4.47. The molecule has 0 unspecified atom stereocenters. The second-order valence-corrected chi connectivity index (χ2v) is 6.67. The first-order chi connectivity index (χ1) is 10.5. The van der Waals surface area contributed by atoms with Gasteiger partial charge < -0.3 is 10.2 Å². The van der Waals surface area contributed by atoms with Crippen molar-refractivity contribution in [2.45, 2.75) is 38.8 Å². The largest absolute Gasteiger partial charge is 0.379 e. The summed E-state index contributed by atoms with van der Waals surface area (Å²) in [6.45, 7) is 5.77. The number of carbonyl (C=O) groups excluding carboxylic acids is 1. The molecule has 0 aliphatic carbocycles. The van der Waals surface area contributed by atoms with Gasteiger partial charge in [-0.2, -0.15) is 5.10 Å². The van der Waals surface area contributed by atoms with Crippen molar-refractivity contribution in [1.82, 2.24) is 9.78 Å². The van der Waals surface area contributed by atoms with E-state index in [4.69, 9.17) is 4.84 Å². The molecule has 0 bridgehead atoms. The van der Waals surface area contributed by atoms with Gasteiger partial charge in [0.2, 0.25) is 5.60 Å². The average Bonchev–Trinajstić information content (AvgIpc) is 3.17. The van der Waals surface area contributed by atoms with Crippen LogP contribution < -0.4 is 5.32 Å². The lowest BCUT2D eigenvalue weighted by Crippen LogP contribution is -2.40. The van der Waals surface area contributed by atoms with Crippen LogP contribution in [0.1, 0.15) is 38.1 Å². The van der Waals surface area contributed by atoms with E-state index >= 15 is 0 Å². The second kappa shape index (κ2) is 5.57. The number of nitrogens with one attached hydrogen (secondary N) is 1. The molecule has 0 fully saturated rings. The highest BCUT2D eigenvalue weighted by Gasteiger charge is 2.42. The van der Waals surface area contributed by atoms with Crippen molar-refractivity contribution < 1.29 is 9.63 Å². The molecule has 116 valence electrons. The molecule has 2 aromatic heterocycles. The van der Waals surface area contributed by atoms with Crippen LogP contribution in [0.15, 0.2) is 34.9 Å². The molecule has 6 nitrogen and oxygen atoms in total. The van der Waals surface area contributed by atoms with E-state index in [0.29, 0.717) is 12.2 Å². The van der Waals surface area contributed by atoms with Crippen LogP contribution >= 0.6 is 11.3 Å². The zero-order chi connectivity index (χ0) is 15.7. The van der Waals surface area contributed by atoms with Gasteiger partial charge >= 0.3 is 0 Å². The molecule has 2 aromatic rings. The van der Waals surface area contributed by atoms with Crippen LogP contribution in [0.4, 0.5) is 5.82 Å². The van der Waals surface area contributed by atoms with Crippen LogP contribution in [0.5, 0.6) is 0 Å². The van der Waals surface area contributed by atoms with Gasteiger partial charge in [0.05, 0.1) is 11.1 Å². The quantitative estimate of drug-likeness (QED) is 0.942. The molecule has 0 saturated carbocycles. The smallest absolute Gasteiger partial charge is 0.272 e. The molecule has 1 N–H and O–H groups in total. The van der Waals surface area contributed by atoms with E-state index in [9.17, 15) is 4.79 Å². The zero-order valence-electron chi connectivity index (χ0n) is 12.7. The molecule has 1 aliphatic rings. The van der Waals surface area contributed by atoms with Crippen LogP contribution in [-0.2, 0) is 9.63 Å². The summed E-state index contributed by atoms with van der Waals surface area (Å²) in [5, 5.41) is 13.2. The van der Waals surface area contributed by atoms with E-state index in [1.54, 1.807) is 35.2 Å². The van der Waals surface area contributed by atoms with Crippen LogP contribution in [0.3, 0.4) is 0 Å². The Hall–Kier alpha value is -2.15. The van der Waals surface area contributed by atoms with Gasteiger partial charge in [0, 0.05) is 18.5 Å². The molecule has 7 heteroatoms. The molecule has 0 spiro atoms. The molecular weight excluding hydrogens is 300 g/mol. The summed E-state index contributed by atoms with van der Waals surface area (Å²) in [6, 6.07) is 5.88. The Bertz CT molecular complexity index is 705. The normalized spacial score (nSPS) is 20.8. The molecular formula is C15H18N4O2S. The molecule has 3 rings (SSSR count). The Labute approximate surface area is 132 Å². The van der Waals surface area contributed by atoms with Gasteiger partial charge in [0.15, 0.2) is 0 Å². The monoisotopic (exact) mass is 318 g/mol. The SMILES string of the molecule is CC(C)n1nccc1NC(=O)[C@@]1(C)CC(c2cccs2)=NO1. The highest BCUT2D eigenvalue weighted by molar-refractivity contribution is 7.12. The summed E-state index contributed by atoms with van der Waals surface area (Å²) in [6.07, 6.45) is 2.12. The third kappa shape index (κ3) is 2.64. The van der Waals surface area contributed by atoms with E-state index in [2.05, 4.69) is 15.6 Å². The first-order valence-corrected chi connectivity index (χ1v) is 8.01. The Kier molecular flexibility index (Phi) is 3.74. The van der Waals surface area contributed by atoms with Crippen molar-refractivity contribution in [3.8, 4) is 0 Å². The molecule has 3 heterocycles. The number of aromatic nitrogens is 2. The van der Waals surface area contributed by atoms with Gasteiger partial charge in [-0.05, 0) is 32.2 Å².